The summed E-state index contributed by atoms with van der Waals surface area (Å²) in [6.07, 6.45) is 0. The van der Waals surface area contributed by atoms with Gasteiger partial charge in [0, 0.05) is 10.6 Å². The highest BCUT2D eigenvalue weighted by Crippen LogP contribution is 2.36. The van der Waals surface area contributed by atoms with Crippen LogP contribution in [0.3, 0.4) is 0 Å². The number of hydrogen-bond donors (Lipinski definition) is 1. The van der Waals surface area contributed by atoms with Crippen LogP contribution in [0, 0.1) is 13.8 Å². The van der Waals surface area contributed by atoms with E-state index in [2.05, 4.69) is 5.32 Å². The Bertz CT molecular complexity index is 974. The molecule has 0 aromatic heterocycles. The number of hydrogen-bond acceptors (Lipinski definition) is 4. The zero-order valence-electron chi connectivity index (χ0n) is 16.4. The van der Waals surface area contributed by atoms with E-state index in [0.29, 0.717) is 0 Å². The first-order valence-electron chi connectivity index (χ1n) is 9.34. The third kappa shape index (κ3) is 5.72. The predicted molar refractivity (Wildman–Crippen MR) is 117 cm³/mol. The first-order chi connectivity index (χ1) is 14.0. The summed E-state index contributed by atoms with van der Waals surface area (Å²) >= 11 is 1.40. The number of aryl methyl sites for hydroxylation is 1. The Morgan fingerprint density at radius 2 is 1.55 bits per heavy atom. The Morgan fingerprint density at radius 3 is 2.24 bits per heavy atom. The molecular formula is C24H23NO3S. The van der Waals surface area contributed by atoms with Crippen molar-refractivity contribution in [2.45, 2.75) is 24.0 Å². The molecule has 3 aromatic rings. The second-order valence-corrected chi connectivity index (χ2v) is 7.80. The Kier molecular flexibility index (Phi) is 7.09. The highest BCUT2D eigenvalue weighted by molar-refractivity contribution is 8.00. The maximum Gasteiger partial charge on any atom is 0.324 e. The van der Waals surface area contributed by atoms with Gasteiger partial charge in [-0.05, 0) is 48.7 Å². The van der Waals surface area contributed by atoms with E-state index in [4.69, 9.17) is 4.74 Å². The van der Waals surface area contributed by atoms with Crippen molar-refractivity contribution < 1.29 is 14.3 Å². The Balaban J connectivity index is 1.66. The fraction of sp³-hybridized carbons (Fsp3) is 0.167. The summed E-state index contributed by atoms with van der Waals surface area (Å²) in [7, 11) is 0. The van der Waals surface area contributed by atoms with Gasteiger partial charge in [-0.25, -0.2) is 0 Å². The van der Waals surface area contributed by atoms with Crippen molar-refractivity contribution in [1.29, 1.82) is 0 Å². The van der Waals surface area contributed by atoms with Crippen molar-refractivity contribution in [3.8, 4) is 0 Å². The average molecular weight is 406 g/mol. The van der Waals surface area contributed by atoms with E-state index in [1.54, 1.807) is 0 Å². The third-order valence-electron chi connectivity index (χ3n) is 4.54. The predicted octanol–water partition coefficient (Wildman–Crippen LogP) is 5.32. The second-order valence-electron chi connectivity index (χ2n) is 6.62. The Labute approximate surface area is 175 Å². The van der Waals surface area contributed by atoms with Gasteiger partial charge in [0.15, 0.2) is 6.61 Å². The lowest BCUT2D eigenvalue weighted by Gasteiger charge is -2.16. The molecule has 0 bridgehead atoms. The minimum atomic E-state index is -0.549. The molecule has 1 N–H and O–H groups in total. The average Bonchev–Trinajstić information content (AvgIpc) is 2.75. The van der Waals surface area contributed by atoms with Crippen LogP contribution >= 0.6 is 11.8 Å². The maximum absolute atomic E-state index is 12.8. The highest BCUT2D eigenvalue weighted by Gasteiger charge is 2.24. The van der Waals surface area contributed by atoms with Crippen molar-refractivity contribution >= 4 is 29.3 Å². The molecule has 0 aliphatic heterocycles. The van der Waals surface area contributed by atoms with Gasteiger partial charge in [-0.1, -0.05) is 60.7 Å². The van der Waals surface area contributed by atoms with Gasteiger partial charge >= 0.3 is 5.97 Å². The van der Waals surface area contributed by atoms with Crippen molar-refractivity contribution in [3.05, 3.63) is 95.6 Å². The number of benzene rings is 3. The van der Waals surface area contributed by atoms with Crippen molar-refractivity contribution in [1.82, 2.24) is 0 Å². The van der Waals surface area contributed by atoms with E-state index in [0.717, 1.165) is 27.3 Å². The third-order valence-corrected chi connectivity index (χ3v) is 5.78. The summed E-state index contributed by atoms with van der Waals surface area (Å²) in [6, 6.07) is 24.8. The Morgan fingerprint density at radius 1 is 0.897 bits per heavy atom. The number of anilines is 1. The number of carbonyl (C=O) groups is 2. The largest absolute Gasteiger partial charge is 0.454 e. The minimum absolute atomic E-state index is 0.328. The van der Waals surface area contributed by atoms with Gasteiger partial charge in [-0.15, -0.1) is 11.8 Å². The van der Waals surface area contributed by atoms with Gasteiger partial charge in [0.2, 0.25) is 0 Å². The number of carbonyl (C=O) groups excluding carboxylic acids is 2. The fourth-order valence-corrected chi connectivity index (χ4v) is 3.84. The quantitative estimate of drug-likeness (QED) is 0.427. The molecule has 0 fully saturated rings. The summed E-state index contributed by atoms with van der Waals surface area (Å²) in [5.74, 6) is -0.801. The number of rotatable bonds is 7. The lowest BCUT2D eigenvalue weighted by atomic mass is 10.1. The molecule has 1 atom stereocenters. The topological polar surface area (TPSA) is 55.4 Å². The molecule has 3 rings (SSSR count). The van der Waals surface area contributed by atoms with Gasteiger partial charge in [0.25, 0.3) is 5.91 Å². The standard InChI is InChI=1S/C24H23NO3S/c1-17-10-9-15-21(18(17)2)25-22(26)16-28-24(27)23(19-11-5-3-6-12-19)29-20-13-7-4-8-14-20/h3-15,23H,16H2,1-2H3,(H,25,26)/t23-/m1/s1. The van der Waals surface area contributed by atoms with Crippen LogP contribution in [0.25, 0.3) is 0 Å². The number of thioether (sulfide) groups is 1. The van der Waals surface area contributed by atoms with Crippen LogP contribution in [0.15, 0.2) is 83.8 Å². The van der Waals surface area contributed by atoms with Crippen LogP contribution in [0.1, 0.15) is 21.9 Å². The lowest BCUT2D eigenvalue weighted by molar-refractivity contribution is -0.146. The monoisotopic (exact) mass is 405 g/mol. The number of esters is 1. The molecule has 1 amide bonds. The molecule has 0 radical (unpaired) electrons. The summed E-state index contributed by atoms with van der Waals surface area (Å²) in [6.45, 7) is 3.60. The van der Waals surface area contributed by atoms with Gasteiger partial charge in [0.1, 0.15) is 5.25 Å². The summed E-state index contributed by atoms with van der Waals surface area (Å²) in [5, 5.41) is 2.26. The van der Waals surface area contributed by atoms with E-state index < -0.39 is 11.2 Å². The molecule has 0 aliphatic rings. The van der Waals surface area contributed by atoms with Gasteiger partial charge in [-0.2, -0.15) is 0 Å². The van der Waals surface area contributed by atoms with E-state index >= 15 is 0 Å². The first-order valence-corrected chi connectivity index (χ1v) is 10.2. The highest BCUT2D eigenvalue weighted by atomic mass is 32.2. The molecule has 0 saturated heterocycles. The van der Waals surface area contributed by atoms with E-state index in [1.807, 2.05) is 92.7 Å². The number of nitrogens with one attached hydrogen (secondary N) is 1. The molecular weight excluding hydrogens is 382 g/mol. The van der Waals surface area contributed by atoms with Crippen LogP contribution in [0.5, 0.6) is 0 Å². The first kappa shape index (κ1) is 20.7. The van der Waals surface area contributed by atoms with E-state index in [9.17, 15) is 9.59 Å². The number of ether oxygens (including phenoxy) is 1. The minimum Gasteiger partial charge on any atom is -0.454 e. The Hall–Kier alpha value is -3.05. The van der Waals surface area contributed by atoms with Gasteiger partial charge < -0.3 is 10.1 Å². The molecule has 0 unspecified atom stereocenters. The molecule has 0 saturated carbocycles. The summed E-state index contributed by atoms with van der Waals surface area (Å²) in [4.78, 5) is 26.1. The number of amides is 1. The zero-order chi connectivity index (χ0) is 20.6. The molecule has 29 heavy (non-hydrogen) atoms. The lowest BCUT2D eigenvalue weighted by Crippen LogP contribution is -2.23. The maximum atomic E-state index is 12.8. The molecule has 3 aromatic carbocycles. The fourth-order valence-electron chi connectivity index (χ4n) is 2.80. The van der Waals surface area contributed by atoms with Gasteiger partial charge in [0.05, 0.1) is 0 Å². The van der Waals surface area contributed by atoms with Gasteiger partial charge in [-0.3, -0.25) is 9.59 Å². The summed E-state index contributed by atoms with van der Waals surface area (Å²) in [5.41, 5.74) is 3.64. The molecule has 148 valence electrons. The van der Waals surface area contributed by atoms with Crippen molar-refractivity contribution in [3.63, 3.8) is 0 Å². The molecule has 5 heteroatoms. The SMILES string of the molecule is Cc1cccc(NC(=O)COC(=O)[C@H](Sc2ccccc2)c2ccccc2)c1C. The molecule has 0 aliphatic carbocycles. The molecule has 4 nitrogen and oxygen atoms in total. The van der Waals surface area contributed by atoms with E-state index in [-0.39, 0.29) is 12.5 Å². The van der Waals surface area contributed by atoms with Crippen LogP contribution in [-0.4, -0.2) is 18.5 Å². The van der Waals surface area contributed by atoms with Crippen molar-refractivity contribution in [2.75, 3.05) is 11.9 Å². The van der Waals surface area contributed by atoms with E-state index in [1.165, 1.54) is 11.8 Å². The summed E-state index contributed by atoms with van der Waals surface area (Å²) < 4.78 is 5.36. The molecule has 0 heterocycles. The normalized spacial score (nSPS) is 11.5. The van der Waals surface area contributed by atoms with Crippen LogP contribution in [0.2, 0.25) is 0 Å². The van der Waals surface area contributed by atoms with Crippen LogP contribution in [-0.2, 0) is 14.3 Å². The van der Waals surface area contributed by atoms with Crippen LogP contribution < -0.4 is 5.32 Å². The second kappa shape index (κ2) is 9.94. The smallest absolute Gasteiger partial charge is 0.324 e. The van der Waals surface area contributed by atoms with Crippen LogP contribution in [0.4, 0.5) is 5.69 Å². The molecule has 0 spiro atoms. The van der Waals surface area contributed by atoms with Crippen molar-refractivity contribution in [2.24, 2.45) is 0 Å². The zero-order valence-corrected chi connectivity index (χ0v) is 17.2.